The average Bonchev–Trinajstić information content (AvgIpc) is 2.46. The van der Waals surface area contributed by atoms with Gasteiger partial charge in [-0.3, -0.25) is 4.79 Å². The van der Waals surface area contributed by atoms with Gasteiger partial charge in [0.1, 0.15) is 6.29 Å². The number of fused-ring (bicyclic) bond motifs is 2. The van der Waals surface area contributed by atoms with Crippen molar-refractivity contribution >= 4 is 29.4 Å². The van der Waals surface area contributed by atoms with Crippen LogP contribution >= 0.6 is 11.8 Å². The third-order valence-electron chi connectivity index (χ3n) is 2.52. The molecule has 0 radical (unpaired) electrons. The van der Waals surface area contributed by atoms with E-state index in [4.69, 9.17) is 0 Å². The van der Waals surface area contributed by atoms with Crippen LogP contribution in [0.15, 0.2) is 52.3 Å². The number of hydrogen-bond donors (Lipinski definition) is 1. The molecule has 0 bridgehead atoms. The second-order valence-electron chi connectivity index (χ2n) is 3.60. The Morgan fingerprint density at radius 3 is 2.50 bits per heavy atom. The Labute approximate surface area is 111 Å². The molecular weight excluding hydrogens is 242 g/mol. The number of rotatable bonds is 1. The molecule has 0 saturated heterocycles. The maximum Gasteiger partial charge on any atom is 0.150 e. The van der Waals surface area contributed by atoms with Crippen LogP contribution in [0.25, 0.3) is 0 Å². The second-order valence-corrected chi connectivity index (χ2v) is 4.68. The van der Waals surface area contributed by atoms with Gasteiger partial charge < -0.3 is 5.32 Å². The number of hydrogen-bond acceptors (Lipinski definition) is 3. The van der Waals surface area contributed by atoms with Crippen molar-refractivity contribution in [3.8, 4) is 0 Å². The number of aldehydes is 1. The predicted octanol–water partition coefficient (Wildman–Crippen LogP) is 4.73. The Morgan fingerprint density at radius 1 is 1.00 bits per heavy atom. The molecular formula is C15H15NOS. The van der Waals surface area contributed by atoms with E-state index < -0.39 is 0 Å². The molecule has 2 aromatic rings. The number of carbonyl (C=O) groups is 1. The van der Waals surface area contributed by atoms with Crippen LogP contribution in [0.2, 0.25) is 0 Å². The fourth-order valence-electron chi connectivity index (χ4n) is 1.72. The molecule has 0 fully saturated rings. The highest BCUT2D eigenvalue weighted by molar-refractivity contribution is 7.99. The molecule has 0 spiro atoms. The van der Waals surface area contributed by atoms with Crippen molar-refractivity contribution in [3.63, 3.8) is 0 Å². The highest BCUT2D eigenvalue weighted by Gasteiger charge is 2.14. The van der Waals surface area contributed by atoms with Crippen LogP contribution in [0.1, 0.15) is 24.2 Å². The molecule has 0 aliphatic carbocycles. The van der Waals surface area contributed by atoms with Crippen molar-refractivity contribution in [3.05, 3.63) is 48.0 Å². The zero-order chi connectivity index (χ0) is 13.0. The summed E-state index contributed by atoms with van der Waals surface area (Å²) in [7, 11) is 0. The molecule has 1 aliphatic heterocycles. The summed E-state index contributed by atoms with van der Waals surface area (Å²) in [4.78, 5) is 13.0. The Bertz CT molecular complexity index is 566. The van der Waals surface area contributed by atoms with Gasteiger partial charge in [0.2, 0.25) is 0 Å². The predicted molar refractivity (Wildman–Crippen MR) is 77.0 cm³/mol. The summed E-state index contributed by atoms with van der Waals surface area (Å²) < 4.78 is 0. The zero-order valence-electron chi connectivity index (χ0n) is 10.4. The Hall–Kier alpha value is -1.74. The number of carbonyl (C=O) groups excluding carboxylic acids is 1. The van der Waals surface area contributed by atoms with Gasteiger partial charge in [-0.1, -0.05) is 37.7 Å². The van der Waals surface area contributed by atoms with Gasteiger partial charge in [-0.05, 0) is 30.3 Å². The Balaban J connectivity index is 0.000000574. The third kappa shape index (κ3) is 2.41. The lowest BCUT2D eigenvalue weighted by Crippen LogP contribution is -1.99. The summed E-state index contributed by atoms with van der Waals surface area (Å²) in [5.74, 6) is 0. The van der Waals surface area contributed by atoms with E-state index in [0.29, 0.717) is 5.56 Å². The lowest BCUT2D eigenvalue weighted by atomic mass is 10.2. The van der Waals surface area contributed by atoms with Gasteiger partial charge in [0, 0.05) is 15.4 Å². The molecule has 0 amide bonds. The van der Waals surface area contributed by atoms with Gasteiger partial charge in [0.25, 0.3) is 0 Å². The first-order valence-corrected chi connectivity index (χ1v) is 6.81. The van der Waals surface area contributed by atoms with Gasteiger partial charge >= 0.3 is 0 Å². The standard InChI is InChI=1S/C13H9NOS.C2H6/c15-8-9-5-6-11-13(7-9)16-12-4-2-1-3-10(12)14-11;1-2/h1-8,14H;1-2H3. The van der Waals surface area contributed by atoms with E-state index in [1.807, 2.05) is 44.2 Å². The van der Waals surface area contributed by atoms with Crippen molar-refractivity contribution in [2.75, 3.05) is 5.32 Å². The SMILES string of the molecule is CC.O=Cc1ccc2c(c1)Sc1ccccc1N2. The minimum Gasteiger partial charge on any atom is -0.354 e. The normalized spacial score (nSPS) is 11.2. The molecule has 3 rings (SSSR count). The van der Waals surface area contributed by atoms with Crippen LogP contribution < -0.4 is 5.32 Å². The van der Waals surface area contributed by atoms with Crippen LogP contribution in [0, 0.1) is 0 Å². The van der Waals surface area contributed by atoms with Crippen LogP contribution in [0.5, 0.6) is 0 Å². The molecule has 0 unspecified atom stereocenters. The molecule has 2 aromatic carbocycles. The van der Waals surface area contributed by atoms with Crippen molar-refractivity contribution in [2.24, 2.45) is 0 Å². The van der Waals surface area contributed by atoms with Crippen LogP contribution in [0.3, 0.4) is 0 Å². The van der Waals surface area contributed by atoms with E-state index in [1.165, 1.54) is 4.90 Å². The highest BCUT2D eigenvalue weighted by Crippen LogP contribution is 2.43. The fourth-order valence-corrected chi connectivity index (χ4v) is 2.76. The molecule has 92 valence electrons. The van der Waals surface area contributed by atoms with Crippen molar-refractivity contribution in [2.45, 2.75) is 23.6 Å². The first kappa shape index (κ1) is 12.7. The first-order valence-electron chi connectivity index (χ1n) is 6.00. The van der Waals surface area contributed by atoms with Crippen molar-refractivity contribution < 1.29 is 4.79 Å². The molecule has 3 heteroatoms. The lowest BCUT2D eigenvalue weighted by Gasteiger charge is -2.20. The van der Waals surface area contributed by atoms with E-state index in [1.54, 1.807) is 11.8 Å². The fraction of sp³-hybridized carbons (Fsp3) is 0.133. The van der Waals surface area contributed by atoms with Crippen LogP contribution in [-0.2, 0) is 0 Å². The molecule has 0 saturated carbocycles. The van der Waals surface area contributed by atoms with Crippen molar-refractivity contribution in [1.82, 2.24) is 0 Å². The number of anilines is 2. The van der Waals surface area contributed by atoms with E-state index in [0.717, 1.165) is 22.6 Å². The van der Waals surface area contributed by atoms with Gasteiger partial charge in [0.15, 0.2) is 0 Å². The Kier molecular flexibility index (Phi) is 4.05. The highest BCUT2D eigenvalue weighted by atomic mass is 32.2. The first-order chi connectivity index (χ1) is 8.86. The van der Waals surface area contributed by atoms with E-state index in [9.17, 15) is 4.79 Å². The molecule has 1 aliphatic rings. The smallest absolute Gasteiger partial charge is 0.150 e. The largest absolute Gasteiger partial charge is 0.354 e. The summed E-state index contributed by atoms with van der Waals surface area (Å²) in [6, 6.07) is 13.8. The summed E-state index contributed by atoms with van der Waals surface area (Å²) in [6.45, 7) is 4.00. The summed E-state index contributed by atoms with van der Waals surface area (Å²) in [6.07, 6.45) is 0.876. The van der Waals surface area contributed by atoms with Gasteiger partial charge in [0.05, 0.1) is 11.4 Å². The Morgan fingerprint density at radius 2 is 1.72 bits per heavy atom. The number of benzene rings is 2. The number of para-hydroxylation sites is 1. The zero-order valence-corrected chi connectivity index (χ0v) is 11.3. The van der Waals surface area contributed by atoms with Gasteiger partial charge in [-0.25, -0.2) is 0 Å². The monoisotopic (exact) mass is 257 g/mol. The summed E-state index contributed by atoms with van der Waals surface area (Å²) in [5, 5.41) is 3.36. The molecule has 1 N–H and O–H groups in total. The maximum atomic E-state index is 10.7. The van der Waals surface area contributed by atoms with Crippen LogP contribution in [-0.4, -0.2) is 6.29 Å². The summed E-state index contributed by atoms with van der Waals surface area (Å²) >= 11 is 1.69. The van der Waals surface area contributed by atoms with Gasteiger partial charge in [-0.15, -0.1) is 0 Å². The van der Waals surface area contributed by atoms with E-state index >= 15 is 0 Å². The van der Waals surface area contributed by atoms with Crippen molar-refractivity contribution in [1.29, 1.82) is 0 Å². The van der Waals surface area contributed by atoms with E-state index in [-0.39, 0.29) is 0 Å². The quantitative estimate of drug-likeness (QED) is 0.639. The molecule has 18 heavy (non-hydrogen) atoms. The summed E-state index contributed by atoms with van der Waals surface area (Å²) in [5.41, 5.74) is 2.90. The maximum absolute atomic E-state index is 10.7. The van der Waals surface area contributed by atoms with E-state index in [2.05, 4.69) is 17.4 Å². The molecule has 1 heterocycles. The molecule has 2 nitrogen and oxygen atoms in total. The average molecular weight is 257 g/mol. The lowest BCUT2D eigenvalue weighted by molar-refractivity contribution is 0.112. The second kappa shape index (κ2) is 5.74. The third-order valence-corrected chi connectivity index (χ3v) is 3.65. The minimum absolute atomic E-state index is 0.715. The number of nitrogens with one attached hydrogen (secondary N) is 1. The minimum atomic E-state index is 0.715. The molecule has 0 atom stereocenters. The topological polar surface area (TPSA) is 29.1 Å². The van der Waals surface area contributed by atoms with Gasteiger partial charge in [-0.2, -0.15) is 0 Å². The van der Waals surface area contributed by atoms with Crippen LogP contribution in [0.4, 0.5) is 11.4 Å². The molecule has 0 aromatic heterocycles.